The van der Waals surface area contributed by atoms with Crippen molar-refractivity contribution < 1.29 is 35.4 Å². The average molecular weight is 1270 g/mol. The normalized spacial score (nSPS) is 11.0. The molecule has 0 aliphatic rings. The Morgan fingerprint density at radius 2 is 1.12 bits per heavy atom. The number of hydrogen-bond donors (Lipinski definition) is 8. The number of nitrogens with zero attached hydrogens (tertiary/aromatic N) is 10. The first-order chi connectivity index (χ1) is 40.8. The number of nitro groups is 2. The molecule has 4 aromatic heterocycles. The third-order valence-corrected chi connectivity index (χ3v) is 12.8. The van der Waals surface area contributed by atoms with Crippen molar-refractivity contribution in [2.24, 2.45) is 20.3 Å². The number of nitro benzene ring substituents is 2. The Hall–Kier alpha value is -10.3. The fourth-order valence-corrected chi connectivity index (χ4v) is 8.60. The van der Waals surface area contributed by atoms with Crippen LogP contribution in [0, 0.1) is 34.1 Å². The highest BCUT2D eigenvalue weighted by Crippen LogP contribution is 2.35. The maximum absolute atomic E-state index is 10.8. The molecule has 0 fully saturated rings. The number of phenols is 5. The second kappa shape index (κ2) is 30.1. The number of phenolic OH excluding ortho intramolecular Hbond substituents is 5. The highest BCUT2D eigenvalue weighted by atomic mass is 79.9. The zero-order valence-electron chi connectivity index (χ0n) is 44.5. The summed E-state index contributed by atoms with van der Waals surface area (Å²) >= 11 is 20.8. The highest BCUT2D eigenvalue weighted by Gasteiger charge is 2.19. The van der Waals surface area contributed by atoms with Crippen LogP contribution in [-0.2, 0) is 6.54 Å². The van der Waals surface area contributed by atoms with Crippen molar-refractivity contribution in [3.63, 3.8) is 0 Å². The molecule has 0 amide bonds. The molecule has 22 nitrogen and oxygen atoms in total. The molecule has 0 bridgehead atoms. The molecule has 0 atom stereocenters. The summed E-state index contributed by atoms with van der Waals surface area (Å²) in [4.78, 5) is 41.3. The largest absolute Gasteiger partial charge is 0.507 e. The molecule has 4 heterocycles. The van der Waals surface area contributed by atoms with Crippen molar-refractivity contribution in [1.29, 1.82) is 0 Å². The average Bonchev–Trinajstić information content (AvgIpc) is 3.69. The Bertz CT molecular complexity index is 4030. The van der Waals surface area contributed by atoms with Gasteiger partial charge in [0.1, 0.15) is 34.7 Å². The van der Waals surface area contributed by atoms with Gasteiger partial charge in [-0.15, -0.1) is 0 Å². The molecule has 10 rings (SSSR count). The number of aromatic nitrogens is 4. The summed E-state index contributed by atoms with van der Waals surface area (Å²) in [6.45, 7) is 4.12. The summed E-state index contributed by atoms with van der Waals surface area (Å²) in [5.41, 5.74) is 12.2. The molecular weight excluding hydrogens is 1220 g/mol. The Kier molecular flexibility index (Phi) is 22.1. The van der Waals surface area contributed by atoms with Gasteiger partial charge in [-0.2, -0.15) is 15.3 Å². The molecule has 430 valence electrons. The Labute approximate surface area is 507 Å². The first kappa shape index (κ1) is 62.3. The fourth-order valence-electron chi connectivity index (χ4n) is 7.26. The van der Waals surface area contributed by atoms with Crippen LogP contribution in [0.25, 0.3) is 21.7 Å². The summed E-state index contributed by atoms with van der Waals surface area (Å²) in [7, 11) is 0. The van der Waals surface area contributed by atoms with Crippen LogP contribution in [0.15, 0.2) is 189 Å². The standard InChI is InChI=1S/C17H13N3O4.C16H12N4O3.C13H11BrClN3O.C13H11Cl2N3O/c21-16-6-5-15(20(23)24)17(22)13(16)9-18-10-14-12-4-2-1-3-11(12)7-8-19-14;21-16-12(5-3-7-14(16)20(22)23)10-17-19-15-9-8-11-4-1-2-6-13(11)18-15;1-8-2-3-12(16-6-8)18-17-7-9-4-10(15)5-11(14)13(9)19;1-8-2-3-12(16-6-8)18-17-7-9-4-10(14)5-11(15)13(9)19/h1-9,21-22H,10H2;1-10,21H,(H,18,19);2*2-7,19H,1H3,(H,16,18)/b;17-10+;2*17-7+. The van der Waals surface area contributed by atoms with E-state index in [9.17, 15) is 45.8 Å². The monoisotopic (exact) mass is 1270 g/mol. The zero-order chi connectivity index (χ0) is 61.0. The minimum Gasteiger partial charge on any atom is -0.507 e. The van der Waals surface area contributed by atoms with E-state index in [0.29, 0.717) is 43.1 Å². The fraction of sp³-hybridized carbons (Fsp3) is 0.0508. The number of aliphatic imine (C=N–C) groups is 1. The molecule has 0 saturated carbocycles. The van der Waals surface area contributed by atoms with Crippen molar-refractivity contribution in [2.45, 2.75) is 20.4 Å². The van der Waals surface area contributed by atoms with Crippen LogP contribution in [0.3, 0.4) is 0 Å². The highest BCUT2D eigenvalue weighted by molar-refractivity contribution is 9.10. The number of halogens is 4. The number of rotatable bonds is 14. The Morgan fingerprint density at radius 3 is 1.75 bits per heavy atom. The number of aryl methyl sites for hydroxylation is 2. The zero-order valence-corrected chi connectivity index (χ0v) is 48.3. The van der Waals surface area contributed by atoms with E-state index in [4.69, 9.17) is 34.8 Å². The van der Waals surface area contributed by atoms with E-state index in [1.807, 2.05) is 92.7 Å². The number of anilines is 3. The van der Waals surface area contributed by atoms with Gasteiger partial charge in [-0.05, 0) is 119 Å². The summed E-state index contributed by atoms with van der Waals surface area (Å²) in [5.74, 6) is 0.471. The van der Waals surface area contributed by atoms with E-state index in [1.165, 1.54) is 49.1 Å². The maximum Gasteiger partial charge on any atom is 0.311 e. The molecular formula is C59H47BrCl3N13O9. The van der Waals surface area contributed by atoms with Gasteiger partial charge in [0.25, 0.3) is 0 Å². The van der Waals surface area contributed by atoms with Crippen LogP contribution in [0.5, 0.6) is 28.7 Å². The lowest BCUT2D eigenvalue weighted by molar-refractivity contribution is -0.386. The second-order valence-corrected chi connectivity index (χ2v) is 19.8. The predicted octanol–water partition coefficient (Wildman–Crippen LogP) is 14.3. The number of nitrogens with one attached hydrogen (secondary N) is 3. The van der Waals surface area contributed by atoms with Gasteiger partial charge in [0.05, 0.1) is 61.3 Å². The topological polar surface area (TPSA) is 325 Å². The first-order valence-corrected chi connectivity index (χ1v) is 26.7. The van der Waals surface area contributed by atoms with Gasteiger partial charge in [0.15, 0.2) is 0 Å². The minimum absolute atomic E-state index is 0.0616. The smallest absolute Gasteiger partial charge is 0.311 e. The molecule has 26 heteroatoms. The summed E-state index contributed by atoms with van der Waals surface area (Å²) in [6, 6.07) is 41.1. The molecule has 8 N–H and O–H groups in total. The van der Waals surface area contributed by atoms with Crippen LogP contribution in [-0.4, -0.2) is 80.2 Å². The second-order valence-electron chi connectivity index (χ2n) is 17.6. The number of para-hydroxylation sites is 2. The van der Waals surface area contributed by atoms with Crippen molar-refractivity contribution in [3.8, 4) is 28.7 Å². The third-order valence-electron chi connectivity index (χ3n) is 11.5. The SMILES string of the molecule is Cc1ccc(N/N=C/c2cc(Cl)cc(Br)c2O)nc1.Cc1ccc(N/N=C/c2cc(Cl)cc(Cl)c2O)nc1.O=[N+]([O-])c1ccc(O)c(C=NCc2nccc3ccccc23)c1O.O=[N+]([O-])c1cccc(/C=N/Nc2ccc3ccccc3n2)c1O. The molecule has 0 spiro atoms. The van der Waals surface area contributed by atoms with Crippen molar-refractivity contribution in [2.75, 3.05) is 16.3 Å². The van der Waals surface area contributed by atoms with Crippen LogP contribution < -0.4 is 16.3 Å². The number of pyridine rings is 4. The lowest BCUT2D eigenvalue weighted by Gasteiger charge is -2.04. The van der Waals surface area contributed by atoms with Gasteiger partial charge in [0.2, 0.25) is 11.5 Å². The molecule has 85 heavy (non-hydrogen) atoms. The van der Waals surface area contributed by atoms with E-state index in [-0.39, 0.29) is 45.6 Å². The number of fused-ring (bicyclic) bond motifs is 2. The summed E-state index contributed by atoms with van der Waals surface area (Å²) < 4.78 is 0.523. The van der Waals surface area contributed by atoms with Gasteiger partial charge in [-0.3, -0.25) is 46.5 Å². The van der Waals surface area contributed by atoms with Gasteiger partial charge < -0.3 is 25.5 Å². The van der Waals surface area contributed by atoms with Crippen molar-refractivity contribution in [3.05, 3.63) is 243 Å². The first-order valence-electron chi connectivity index (χ1n) is 24.8. The van der Waals surface area contributed by atoms with E-state index >= 15 is 0 Å². The van der Waals surface area contributed by atoms with E-state index in [1.54, 1.807) is 48.9 Å². The number of hydrogen-bond acceptors (Lipinski definition) is 20. The molecule has 6 aromatic carbocycles. The maximum atomic E-state index is 10.8. The number of hydrazone groups is 3. The Morgan fingerprint density at radius 1 is 0.553 bits per heavy atom. The van der Waals surface area contributed by atoms with Crippen LogP contribution in [0.1, 0.15) is 39.1 Å². The summed E-state index contributed by atoms with van der Waals surface area (Å²) in [5, 5.41) is 86.7. The van der Waals surface area contributed by atoms with Crippen LogP contribution >= 0.6 is 50.7 Å². The molecule has 0 saturated heterocycles. The van der Waals surface area contributed by atoms with E-state index in [0.717, 1.165) is 50.6 Å². The lowest BCUT2D eigenvalue weighted by Crippen LogP contribution is -1.95. The quantitative estimate of drug-likeness (QED) is 0.0285. The van der Waals surface area contributed by atoms with Gasteiger partial charge in [-0.25, -0.2) is 15.0 Å². The van der Waals surface area contributed by atoms with E-state index < -0.39 is 27.0 Å². The molecule has 0 aliphatic heterocycles. The molecule has 0 radical (unpaired) electrons. The van der Waals surface area contributed by atoms with Crippen LogP contribution in [0.2, 0.25) is 15.1 Å². The van der Waals surface area contributed by atoms with E-state index in [2.05, 4.69) is 72.4 Å². The minimum atomic E-state index is -0.724. The predicted molar refractivity (Wildman–Crippen MR) is 337 cm³/mol. The lowest BCUT2D eigenvalue weighted by atomic mass is 10.1. The molecule has 0 unspecified atom stereocenters. The van der Waals surface area contributed by atoms with Gasteiger partial charge in [-0.1, -0.05) is 95.5 Å². The summed E-state index contributed by atoms with van der Waals surface area (Å²) in [6.07, 6.45) is 10.6. The third kappa shape index (κ3) is 17.8. The molecule has 0 aliphatic carbocycles. The number of benzene rings is 6. The van der Waals surface area contributed by atoms with Gasteiger partial charge in [0, 0.05) is 74.4 Å². The number of aromatic hydroxyl groups is 5. The van der Waals surface area contributed by atoms with Crippen molar-refractivity contribution in [1.82, 2.24) is 19.9 Å². The van der Waals surface area contributed by atoms with Crippen LogP contribution in [0.4, 0.5) is 28.8 Å². The molecule has 10 aromatic rings. The Balaban J connectivity index is 0.000000163. The van der Waals surface area contributed by atoms with Gasteiger partial charge >= 0.3 is 11.4 Å². The van der Waals surface area contributed by atoms with Crippen molar-refractivity contribution >= 4 is 126 Å².